The molecule has 0 spiro atoms. The first-order valence-corrected chi connectivity index (χ1v) is 11.8. The summed E-state index contributed by atoms with van der Waals surface area (Å²) in [5.74, 6) is 0.818. The van der Waals surface area contributed by atoms with E-state index in [1.165, 1.54) is 11.3 Å². The number of hydrogen-bond donors (Lipinski definition) is 1. The first kappa shape index (κ1) is 20.9. The summed E-state index contributed by atoms with van der Waals surface area (Å²) in [4.78, 5) is 12.3. The van der Waals surface area contributed by atoms with E-state index in [0.29, 0.717) is 29.8 Å². The minimum atomic E-state index is -3.41. The number of carbonyl (C=O) groups is 1. The summed E-state index contributed by atoms with van der Waals surface area (Å²) in [6, 6.07) is 3.40. The van der Waals surface area contributed by atoms with Crippen LogP contribution in [0.5, 0.6) is 0 Å². The number of nitrogens with zero attached hydrogens (tertiary/aromatic N) is 1. The number of carbonyl (C=O) groups excluding carboxylic acids is 1. The van der Waals surface area contributed by atoms with Crippen LogP contribution >= 0.6 is 27.3 Å². The Morgan fingerprint density at radius 1 is 1.32 bits per heavy atom. The second-order valence-electron chi connectivity index (χ2n) is 7.06. The molecule has 142 valence electrons. The largest absolute Gasteiger partial charge is 0.356 e. The van der Waals surface area contributed by atoms with Crippen molar-refractivity contribution >= 4 is 43.2 Å². The van der Waals surface area contributed by atoms with Gasteiger partial charge in [-0.1, -0.05) is 20.8 Å². The Kier molecular flexibility index (Phi) is 7.49. The molecule has 1 atom stereocenters. The second kappa shape index (κ2) is 8.97. The fourth-order valence-corrected chi connectivity index (χ4v) is 6.67. The SMILES string of the molecule is CC(C)CCNC(=O)C(C)C1CCN(S(=O)(=O)c2ccc(Br)s2)CC1. The van der Waals surface area contributed by atoms with Crippen molar-refractivity contribution in [1.82, 2.24) is 9.62 Å². The van der Waals surface area contributed by atoms with Crippen molar-refractivity contribution in [1.29, 1.82) is 0 Å². The molecule has 1 unspecified atom stereocenters. The Balaban J connectivity index is 1.87. The van der Waals surface area contributed by atoms with Gasteiger partial charge in [-0.05, 0) is 59.2 Å². The van der Waals surface area contributed by atoms with Crippen LogP contribution in [0.3, 0.4) is 0 Å². The van der Waals surface area contributed by atoms with Crippen molar-refractivity contribution in [3.8, 4) is 0 Å². The number of thiophene rings is 1. The van der Waals surface area contributed by atoms with Gasteiger partial charge in [-0.2, -0.15) is 4.31 Å². The highest BCUT2D eigenvalue weighted by molar-refractivity contribution is 9.11. The number of halogens is 1. The Morgan fingerprint density at radius 3 is 2.48 bits per heavy atom. The fourth-order valence-electron chi connectivity index (χ4n) is 3.04. The molecule has 2 heterocycles. The lowest BCUT2D eigenvalue weighted by Gasteiger charge is -2.33. The van der Waals surface area contributed by atoms with Crippen LogP contribution in [0.4, 0.5) is 0 Å². The van der Waals surface area contributed by atoms with Crippen molar-refractivity contribution < 1.29 is 13.2 Å². The molecule has 1 aromatic heterocycles. The highest BCUT2D eigenvalue weighted by Gasteiger charge is 2.33. The third-order valence-corrected chi connectivity index (χ3v) is 8.77. The molecule has 1 amide bonds. The van der Waals surface area contributed by atoms with E-state index in [2.05, 4.69) is 35.1 Å². The number of nitrogens with one attached hydrogen (secondary N) is 1. The zero-order chi connectivity index (χ0) is 18.6. The van der Waals surface area contributed by atoms with Crippen LogP contribution in [0.15, 0.2) is 20.1 Å². The van der Waals surface area contributed by atoms with Crippen molar-refractivity contribution in [3.63, 3.8) is 0 Å². The monoisotopic (exact) mass is 450 g/mol. The molecular weight excluding hydrogens is 424 g/mol. The quantitative estimate of drug-likeness (QED) is 0.688. The van der Waals surface area contributed by atoms with E-state index >= 15 is 0 Å². The van der Waals surface area contributed by atoms with E-state index in [0.717, 1.165) is 23.0 Å². The third-order valence-electron chi connectivity index (χ3n) is 4.78. The number of amides is 1. The van der Waals surface area contributed by atoms with E-state index in [-0.39, 0.29) is 17.7 Å². The topological polar surface area (TPSA) is 66.5 Å². The van der Waals surface area contributed by atoms with Gasteiger partial charge in [-0.25, -0.2) is 8.42 Å². The molecule has 8 heteroatoms. The first-order chi connectivity index (χ1) is 11.7. The average molecular weight is 451 g/mol. The molecule has 1 fully saturated rings. The predicted octanol–water partition coefficient (Wildman–Crippen LogP) is 3.71. The molecule has 1 aliphatic rings. The molecule has 0 aliphatic carbocycles. The molecule has 1 aromatic rings. The van der Waals surface area contributed by atoms with Crippen LogP contribution in [0.25, 0.3) is 0 Å². The van der Waals surface area contributed by atoms with Gasteiger partial charge in [-0.3, -0.25) is 4.79 Å². The van der Waals surface area contributed by atoms with E-state index in [1.807, 2.05) is 6.92 Å². The summed E-state index contributed by atoms with van der Waals surface area (Å²) in [5, 5.41) is 3.01. The van der Waals surface area contributed by atoms with E-state index in [9.17, 15) is 13.2 Å². The normalized spacial score (nSPS) is 18.4. The Morgan fingerprint density at radius 2 is 1.96 bits per heavy atom. The lowest BCUT2D eigenvalue weighted by Crippen LogP contribution is -2.42. The summed E-state index contributed by atoms with van der Waals surface area (Å²) in [6.07, 6.45) is 2.43. The third kappa shape index (κ3) is 5.52. The maximum Gasteiger partial charge on any atom is 0.252 e. The molecule has 1 saturated heterocycles. The Bertz CT molecular complexity index is 680. The van der Waals surface area contributed by atoms with Gasteiger partial charge >= 0.3 is 0 Å². The number of piperidine rings is 1. The molecule has 5 nitrogen and oxygen atoms in total. The van der Waals surface area contributed by atoms with Crippen LogP contribution in [0.2, 0.25) is 0 Å². The molecular formula is C17H27BrN2O3S2. The molecule has 0 radical (unpaired) electrons. The van der Waals surface area contributed by atoms with Crippen LogP contribution < -0.4 is 5.32 Å². The number of hydrogen-bond acceptors (Lipinski definition) is 4. The average Bonchev–Trinajstić information content (AvgIpc) is 3.01. The molecule has 1 N–H and O–H groups in total. The summed E-state index contributed by atoms with van der Waals surface area (Å²) >= 11 is 4.55. The molecule has 1 aliphatic heterocycles. The fraction of sp³-hybridized carbons (Fsp3) is 0.706. The lowest BCUT2D eigenvalue weighted by atomic mass is 9.85. The summed E-state index contributed by atoms with van der Waals surface area (Å²) in [5.41, 5.74) is 0. The second-order valence-corrected chi connectivity index (χ2v) is 11.7. The van der Waals surface area contributed by atoms with Gasteiger partial charge in [-0.15, -0.1) is 11.3 Å². The molecule has 0 bridgehead atoms. The number of sulfonamides is 1. The zero-order valence-electron chi connectivity index (χ0n) is 15.0. The van der Waals surface area contributed by atoms with Gasteiger partial charge in [0.1, 0.15) is 4.21 Å². The summed E-state index contributed by atoms with van der Waals surface area (Å²) in [7, 11) is -3.41. The maximum absolute atomic E-state index is 12.7. The minimum absolute atomic E-state index is 0.0760. The molecule has 0 saturated carbocycles. The van der Waals surface area contributed by atoms with Crippen LogP contribution in [0, 0.1) is 17.8 Å². The van der Waals surface area contributed by atoms with Gasteiger partial charge in [0.15, 0.2) is 0 Å². The highest BCUT2D eigenvalue weighted by atomic mass is 79.9. The van der Waals surface area contributed by atoms with Gasteiger partial charge in [0.05, 0.1) is 3.79 Å². The zero-order valence-corrected chi connectivity index (χ0v) is 18.2. The molecule has 25 heavy (non-hydrogen) atoms. The standard InChI is InChI=1S/C17H27BrN2O3S2/c1-12(2)6-9-19-17(21)13(3)14-7-10-20(11-8-14)25(22,23)16-5-4-15(18)24-16/h4-5,12-14H,6-11H2,1-3H3,(H,19,21). The molecule has 2 rings (SSSR count). The molecule has 0 aromatic carbocycles. The maximum atomic E-state index is 12.7. The highest BCUT2D eigenvalue weighted by Crippen LogP contribution is 2.32. The van der Waals surface area contributed by atoms with Gasteiger partial charge < -0.3 is 5.32 Å². The van der Waals surface area contributed by atoms with Crippen LogP contribution in [-0.2, 0) is 14.8 Å². The van der Waals surface area contributed by atoms with Gasteiger partial charge in [0, 0.05) is 25.6 Å². The summed E-state index contributed by atoms with van der Waals surface area (Å²) < 4.78 is 28.0. The van der Waals surface area contributed by atoms with Gasteiger partial charge in [0.25, 0.3) is 10.0 Å². The van der Waals surface area contributed by atoms with E-state index in [1.54, 1.807) is 16.4 Å². The van der Waals surface area contributed by atoms with Crippen molar-refractivity contribution in [2.75, 3.05) is 19.6 Å². The lowest BCUT2D eigenvalue weighted by molar-refractivity contribution is -0.126. The van der Waals surface area contributed by atoms with Crippen molar-refractivity contribution in [2.24, 2.45) is 17.8 Å². The van der Waals surface area contributed by atoms with Crippen molar-refractivity contribution in [2.45, 2.75) is 44.2 Å². The Labute approximate surface area is 163 Å². The van der Waals surface area contributed by atoms with Crippen LogP contribution in [0.1, 0.15) is 40.0 Å². The smallest absolute Gasteiger partial charge is 0.252 e. The van der Waals surface area contributed by atoms with E-state index < -0.39 is 10.0 Å². The van der Waals surface area contributed by atoms with Gasteiger partial charge in [0.2, 0.25) is 5.91 Å². The first-order valence-electron chi connectivity index (χ1n) is 8.75. The van der Waals surface area contributed by atoms with Crippen molar-refractivity contribution in [3.05, 3.63) is 15.9 Å². The summed E-state index contributed by atoms with van der Waals surface area (Å²) in [6.45, 7) is 7.89. The Hall–Kier alpha value is -0.440. The van der Waals surface area contributed by atoms with Crippen LogP contribution in [-0.4, -0.2) is 38.3 Å². The minimum Gasteiger partial charge on any atom is -0.356 e. The van der Waals surface area contributed by atoms with E-state index in [4.69, 9.17) is 0 Å². The number of rotatable bonds is 7. The predicted molar refractivity (Wildman–Crippen MR) is 105 cm³/mol.